The maximum absolute atomic E-state index is 4.53. The van der Waals surface area contributed by atoms with Crippen molar-refractivity contribution in [2.45, 2.75) is 0 Å². The van der Waals surface area contributed by atoms with E-state index in [0.29, 0.717) is 0 Å². The molecule has 0 bridgehead atoms. The number of rotatable bonds is 0. The van der Waals surface area contributed by atoms with Crippen LogP contribution in [0.15, 0.2) is 0 Å². The van der Waals surface area contributed by atoms with Gasteiger partial charge in [-0.15, -0.1) is 0 Å². The Labute approximate surface area is 47.1 Å². The fourth-order valence-corrected chi connectivity index (χ4v) is 0. The zero-order valence-electron chi connectivity index (χ0n) is 2.91. The summed E-state index contributed by atoms with van der Waals surface area (Å²) >= 11 is 0. The van der Waals surface area contributed by atoms with Crippen molar-refractivity contribution in [1.29, 1.82) is 0 Å². The average molecular weight is 126 g/mol. The van der Waals surface area contributed by atoms with Crippen LogP contribution in [0.25, 0.3) is 0 Å². The molecule has 4 heavy (non-hydrogen) atoms. The van der Waals surface area contributed by atoms with E-state index in [0.717, 1.165) is 21.0 Å². The van der Waals surface area contributed by atoms with Crippen LogP contribution in [-0.4, -0.2) is 21.0 Å². The summed E-state index contributed by atoms with van der Waals surface area (Å²) in [6.07, 6.45) is 0. The Bertz CT molecular complexity index is 6.00. The molecule has 0 saturated carbocycles. The van der Waals surface area contributed by atoms with Crippen molar-refractivity contribution in [3.05, 3.63) is 0 Å². The van der Waals surface area contributed by atoms with E-state index >= 15 is 0 Å². The molecule has 0 aliphatic carbocycles. The molecule has 0 unspecified atom stereocenters. The quantitative estimate of drug-likeness (QED) is 0.328. The van der Waals surface area contributed by atoms with Crippen LogP contribution in [0.4, 0.5) is 0 Å². The first-order valence-electron chi connectivity index (χ1n) is 0.816. The van der Waals surface area contributed by atoms with Gasteiger partial charge in [0.2, 0.25) is 0 Å². The summed E-state index contributed by atoms with van der Waals surface area (Å²) in [4.78, 5) is 0. The molecule has 0 heterocycles. The summed E-state index contributed by atoms with van der Waals surface area (Å²) in [6, 6.07) is 0. The Hall–Kier alpha value is 1.11. The summed E-state index contributed by atoms with van der Waals surface area (Å²) in [5.74, 6) is 0. The zero-order chi connectivity index (χ0) is 2.71. The number of hydrogen-bond donors (Lipinski definition) is 0. The van der Waals surface area contributed by atoms with Crippen LogP contribution in [0, 0.1) is 0 Å². The molecule has 0 N–H and O–H groups in total. The van der Waals surface area contributed by atoms with Gasteiger partial charge in [-0.2, -0.15) is 0 Å². The molecular weight excluding hydrogens is 120 g/mol. The van der Waals surface area contributed by atoms with Gasteiger partial charge >= 0.3 is 0 Å². The zero-order valence-corrected chi connectivity index (χ0v) is 8.47. The van der Waals surface area contributed by atoms with Crippen molar-refractivity contribution in [1.82, 2.24) is 0 Å². The van der Waals surface area contributed by atoms with Crippen molar-refractivity contribution < 1.29 is 25.8 Å². The minimum absolute atomic E-state index is 0. The average Bonchev–Trinajstić information content (AvgIpc) is 0.918. The van der Waals surface area contributed by atoms with E-state index in [9.17, 15) is 0 Å². The first-order chi connectivity index (χ1) is 1.41. The van der Waals surface area contributed by atoms with Crippen LogP contribution < -0.4 is 0 Å². The summed E-state index contributed by atoms with van der Waals surface area (Å²) in [6.45, 7) is 0. The smallest absolute Gasteiger partial charge is 0.129 e. The van der Waals surface area contributed by atoms with Crippen molar-refractivity contribution in [3.63, 3.8) is 0 Å². The molecule has 4 heteroatoms. The summed E-state index contributed by atoms with van der Waals surface area (Å²) in [7, 11) is 1.86. The minimum atomic E-state index is 0. The Morgan fingerprint density at radius 3 is 1.25 bits per heavy atom. The first kappa shape index (κ1) is 8.92. The monoisotopic (exact) mass is 126 g/mol. The molecule has 0 radical (unpaired) electrons. The second kappa shape index (κ2) is 8.93. The molecule has 0 saturated heterocycles. The van der Waals surface area contributed by atoms with Gasteiger partial charge in [0.1, 0.15) is 21.0 Å². The molecule has 0 aliphatic rings. The fourth-order valence-electron chi connectivity index (χ4n) is 0. The van der Waals surface area contributed by atoms with Crippen LogP contribution in [-0.2, 0) is 25.8 Å². The predicted molar refractivity (Wildman–Crippen MR) is 21.0 cm³/mol. The van der Waals surface area contributed by atoms with E-state index in [-0.39, 0.29) is 21.7 Å². The first-order valence-corrected chi connectivity index (χ1v) is 2.45. The van der Waals surface area contributed by atoms with Crippen molar-refractivity contribution >= 4 is 21.0 Å². The van der Waals surface area contributed by atoms with E-state index in [2.05, 4.69) is 4.12 Å². The summed E-state index contributed by atoms with van der Waals surface area (Å²) < 4.78 is 4.53. The number of hydrogen-bond acceptors (Lipinski definition) is 1. The summed E-state index contributed by atoms with van der Waals surface area (Å²) in [5, 5.41) is 0. The van der Waals surface area contributed by atoms with Gasteiger partial charge in [-0.1, -0.05) is 0 Å². The van der Waals surface area contributed by atoms with Crippen LogP contribution in [0.2, 0.25) is 0 Å². The third kappa shape index (κ3) is 11.2. The van der Waals surface area contributed by atoms with E-state index in [1.165, 1.54) is 0 Å². The van der Waals surface area contributed by atoms with Gasteiger partial charge < -0.3 is 4.12 Å². The Kier molecular flexibility index (Phi) is 19.9. The van der Waals surface area contributed by atoms with E-state index in [1.807, 2.05) is 0 Å². The molecular formula is H6OSi2Ti. The molecule has 0 amide bonds. The van der Waals surface area contributed by atoms with Crippen LogP contribution >= 0.6 is 0 Å². The van der Waals surface area contributed by atoms with Crippen LogP contribution in [0.5, 0.6) is 0 Å². The van der Waals surface area contributed by atoms with Gasteiger partial charge in [-0.05, 0) is 0 Å². The van der Waals surface area contributed by atoms with Gasteiger partial charge in [-0.25, -0.2) is 0 Å². The Morgan fingerprint density at radius 1 is 1.25 bits per heavy atom. The fraction of sp³-hybridized carbons (Fsp3) is 0. The molecule has 1 nitrogen and oxygen atoms in total. The molecule has 0 atom stereocenters. The topological polar surface area (TPSA) is 9.23 Å². The van der Waals surface area contributed by atoms with Gasteiger partial charge in [0.25, 0.3) is 0 Å². The Balaban J connectivity index is 0. The molecule has 0 aliphatic heterocycles. The molecule has 0 fully saturated rings. The SMILES string of the molecule is [SiH3]O[SiH3].[Ti]. The van der Waals surface area contributed by atoms with Gasteiger partial charge in [-0.3, -0.25) is 0 Å². The van der Waals surface area contributed by atoms with Gasteiger partial charge in [0.05, 0.1) is 0 Å². The van der Waals surface area contributed by atoms with Gasteiger partial charge in [0.15, 0.2) is 0 Å². The van der Waals surface area contributed by atoms with Gasteiger partial charge in [0, 0.05) is 21.7 Å². The maximum atomic E-state index is 4.53. The maximum Gasteiger partial charge on any atom is 0.129 e. The second-order valence-corrected chi connectivity index (χ2v) is 3.67. The molecule has 0 rings (SSSR count). The summed E-state index contributed by atoms with van der Waals surface area (Å²) in [5.41, 5.74) is 0. The standard InChI is InChI=1S/H6OSi2.Ti/c2-1-3;/h2-3H3;. The van der Waals surface area contributed by atoms with E-state index in [1.54, 1.807) is 0 Å². The second-order valence-electron chi connectivity index (χ2n) is 0.408. The van der Waals surface area contributed by atoms with Crippen LogP contribution in [0.3, 0.4) is 0 Å². The largest absolute Gasteiger partial charge is 0.471 e. The predicted octanol–water partition coefficient (Wildman–Crippen LogP) is -2.44. The van der Waals surface area contributed by atoms with Crippen molar-refractivity contribution in [3.8, 4) is 0 Å². The van der Waals surface area contributed by atoms with Crippen LogP contribution in [0.1, 0.15) is 0 Å². The Morgan fingerprint density at radius 2 is 1.25 bits per heavy atom. The third-order valence-electron chi connectivity index (χ3n) is 0. The normalized spacial score (nSPS) is 6.00. The van der Waals surface area contributed by atoms with Crippen molar-refractivity contribution in [2.24, 2.45) is 0 Å². The van der Waals surface area contributed by atoms with E-state index < -0.39 is 0 Å². The molecule has 24 valence electrons. The molecule has 0 aromatic rings. The molecule has 0 aromatic carbocycles. The van der Waals surface area contributed by atoms with Crippen molar-refractivity contribution in [2.75, 3.05) is 0 Å². The molecule has 0 aromatic heterocycles. The minimum Gasteiger partial charge on any atom is -0.471 e. The molecule has 0 spiro atoms. The van der Waals surface area contributed by atoms with E-state index in [4.69, 9.17) is 0 Å². The third-order valence-corrected chi connectivity index (χ3v) is 0.